The lowest BCUT2D eigenvalue weighted by Crippen LogP contribution is -2.49. The molecule has 0 bridgehead atoms. The number of carbonyl (C=O) groups excluding carboxylic acids is 1. The number of halogens is 4. The number of carbonyl (C=O) groups is 1. The molecule has 1 heterocycles. The first-order valence-corrected chi connectivity index (χ1v) is 9.31. The van der Waals surface area contributed by atoms with Gasteiger partial charge >= 0.3 is 0 Å². The minimum Gasteiger partial charge on any atom is -0.369 e. The molecule has 158 valence electrons. The Morgan fingerprint density at radius 1 is 0.931 bits per heavy atom. The van der Waals surface area contributed by atoms with Gasteiger partial charge in [-0.3, -0.25) is 14.6 Å². The highest BCUT2D eigenvalue weighted by Crippen LogP contribution is 2.47. The number of piperazine rings is 1. The van der Waals surface area contributed by atoms with Crippen molar-refractivity contribution in [3.8, 4) is 0 Å². The van der Waals surface area contributed by atoms with Crippen LogP contribution >= 0.6 is 24.8 Å². The molecule has 1 aliphatic carbocycles. The first-order chi connectivity index (χ1) is 13.0. The van der Waals surface area contributed by atoms with Crippen LogP contribution in [0.15, 0.2) is 42.5 Å². The number of fused-ring (bicyclic) bond motifs is 1. The number of hydrogen-bond acceptors (Lipinski definition) is 3. The van der Waals surface area contributed by atoms with Crippen LogP contribution in [0.5, 0.6) is 0 Å². The molecular weight excluding hydrogens is 419 g/mol. The molecule has 2 aromatic carbocycles. The van der Waals surface area contributed by atoms with Crippen LogP contribution in [0.3, 0.4) is 0 Å². The topological polar surface area (TPSA) is 49.6 Å². The molecule has 8 heteroatoms. The van der Waals surface area contributed by atoms with Crippen molar-refractivity contribution in [2.75, 3.05) is 32.7 Å². The van der Waals surface area contributed by atoms with Crippen molar-refractivity contribution in [3.05, 3.63) is 70.8 Å². The van der Waals surface area contributed by atoms with Gasteiger partial charge in [0.1, 0.15) is 11.6 Å². The summed E-state index contributed by atoms with van der Waals surface area (Å²) in [5.74, 6) is -0.660. The average Bonchev–Trinajstić information content (AvgIpc) is 3.01. The third kappa shape index (κ3) is 5.07. The Morgan fingerprint density at radius 2 is 1.55 bits per heavy atom. The van der Waals surface area contributed by atoms with Crippen molar-refractivity contribution >= 4 is 30.7 Å². The monoisotopic (exact) mass is 443 g/mol. The zero-order valence-electron chi connectivity index (χ0n) is 15.9. The molecule has 1 amide bonds. The second kappa shape index (κ2) is 9.85. The zero-order chi connectivity index (χ0) is 19.0. The van der Waals surface area contributed by atoms with Gasteiger partial charge in [0, 0.05) is 38.1 Å². The molecular formula is C21H25Cl2F2N3O. The van der Waals surface area contributed by atoms with Gasteiger partial charge in [0.2, 0.25) is 5.91 Å². The fourth-order valence-electron chi connectivity index (χ4n) is 4.44. The van der Waals surface area contributed by atoms with Crippen molar-refractivity contribution in [1.29, 1.82) is 0 Å². The van der Waals surface area contributed by atoms with E-state index in [-0.39, 0.29) is 60.9 Å². The Kier molecular flexibility index (Phi) is 8.00. The summed E-state index contributed by atoms with van der Waals surface area (Å²) in [6, 6.07) is 11.7. The summed E-state index contributed by atoms with van der Waals surface area (Å²) in [7, 11) is 0. The summed E-state index contributed by atoms with van der Waals surface area (Å²) < 4.78 is 27.3. The van der Waals surface area contributed by atoms with E-state index in [1.807, 2.05) is 18.2 Å². The molecule has 2 aliphatic rings. The Bertz CT molecular complexity index is 842. The number of hydrogen-bond donors (Lipinski definition) is 1. The second-order valence-corrected chi connectivity index (χ2v) is 7.41. The predicted octanol–water partition coefficient (Wildman–Crippen LogP) is 3.49. The van der Waals surface area contributed by atoms with Crippen LogP contribution in [0.1, 0.15) is 35.1 Å². The Balaban J connectivity index is 0.00000150. The largest absolute Gasteiger partial charge is 0.369 e. The summed E-state index contributed by atoms with van der Waals surface area (Å²) >= 11 is 0. The third-order valence-electron chi connectivity index (χ3n) is 5.74. The fourth-order valence-corrected chi connectivity index (χ4v) is 4.44. The number of primary amides is 1. The number of benzene rings is 2. The van der Waals surface area contributed by atoms with Gasteiger partial charge < -0.3 is 5.73 Å². The Labute approximate surface area is 181 Å². The lowest BCUT2D eigenvalue weighted by Gasteiger charge is -2.38. The molecule has 0 aromatic heterocycles. The van der Waals surface area contributed by atoms with Crippen molar-refractivity contribution in [1.82, 2.24) is 9.80 Å². The maximum absolute atomic E-state index is 14.0. The van der Waals surface area contributed by atoms with Crippen LogP contribution in [-0.4, -0.2) is 48.4 Å². The lowest BCUT2D eigenvalue weighted by molar-refractivity contribution is -0.119. The van der Waals surface area contributed by atoms with Gasteiger partial charge in [-0.15, -0.1) is 24.8 Å². The van der Waals surface area contributed by atoms with Crippen LogP contribution in [0.25, 0.3) is 0 Å². The molecule has 2 aromatic rings. The fraction of sp³-hybridized carbons (Fsp3) is 0.381. The summed E-state index contributed by atoms with van der Waals surface area (Å²) in [6.07, 6.45) is 0.847. The third-order valence-corrected chi connectivity index (χ3v) is 5.74. The van der Waals surface area contributed by atoms with E-state index in [0.29, 0.717) is 0 Å². The molecule has 0 saturated carbocycles. The van der Waals surface area contributed by atoms with Crippen molar-refractivity contribution in [2.45, 2.75) is 18.4 Å². The summed E-state index contributed by atoms with van der Waals surface area (Å²) in [4.78, 5) is 15.5. The average molecular weight is 444 g/mol. The second-order valence-electron chi connectivity index (χ2n) is 7.41. The SMILES string of the molecule is Cl.Cl.NC(=O)CN1CCN(C2CC(c3ccc(F)cc3)c3ccc(F)cc32)CC1. The van der Waals surface area contributed by atoms with E-state index < -0.39 is 0 Å². The highest BCUT2D eigenvalue weighted by Gasteiger charge is 2.36. The quantitative estimate of drug-likeness (QED) is 0.786. The van der Waals surface area contributed by atoms with Crippen LogP contribution in [0, 0.1) is 11.6 Å². The number of rotatable bonds is 4. The molecule has 2 unspecified atom stereocenters. The van der Waals surface area contributed by atoms with Gasteiger partial charge in [0.25, 0.3) is 0 Å². The molecule has 2 atom stereocenters. The first-order valence-electron chi connectivity index (χ1n) is 9.31. The molecule has 1 aliphatic heterocycles. The van der Waals surface area contributed by atoms with Gasteiger partial charge in [-0.05, 0) is 47.4 Å². The summed E-state index contributed by atoms with van der Waals surface area (Å²) in [6.45, 7) is 3.44. The minimum absolute atomic E-state index is 0. The lowest BCUT2D eigenvalue weighted by atomic mass is 9.93. The van der Waals surface area contributed by atoms with E-state index in [9.17, 15) is 13.6 Å². The molecule has 4 nitrogen and oxygen atoms in total. The van der Waals surface area contributed by atoms with E-state index in [0.717, 1.165) is 49.3 Å². The number of amides is 1. The van der Waals surface area contributed by atoms with Gasteiger partial charge in [-0.25, -0.2) is 8.78 Å². The number of nitrogens with zero attached hydrogens (tertiary/aromatic N) is 2. The Hall–Kier alpha value is -1.73. The van der Waals surface area contributed by atoms with Crippen molar-refractivity contribution in [3.63, 3.8) is 0 Å². The van der Waals surface area contributed by atoms with Crippen molar-refractivity contribution in [2.24, 2.45) is 5.73 Å². The Morgan fingerprint density at radius 3 is 2.17 bits per heavy atom. The molecule has 0 spiro atoms. The zero-order valence-corrected chi connectivity index (χ0v) is 17.5. The molecule has 0 radical (unpaired) electrons. The maximum Gasteiger partial charge on any atom is 0.231 e. The van der Waals surface area contributed by atoms with Crippen LogP contribution in [-0.2, 0) is 4.79 Å². The molecule has 1 saturated heterocycles. The summed E-state index contributed by atoms with van der Waals surface area (Å²) in [5.41, 5.74) is 8.48. The molecule has 1 fully saturated rings. The maximum atomic E-state index is 14.0. The first kappa shape index (κ1) is 23.5. The minimum atomic E-state index is -0.312. The standard InChI is InChI=1S/C21H23F2N3O.2ClH/c22-15-3-1-14(2-4-15)18-12-20(19-11-16(23)5-6-17(18)19)26-9-7-25(8-10-26)13-21(24)27;;/h1-6,11,18,20H,7-10,12-13H2,(H2,24,27);2*1H. The van der Waals surface area contributed by atoms with Crippen molar-refractivity contribution < 1.29 is 13.6 Å². The molecule has 29 heavy (non-hydrogen) atoms. The van der Waals surface area contributed by atoms with Gasteiger partial charge in [-0.1, -0.05) is 18.2 Å². The van der Waals surface area contributed by atoms with Crippen LogP contribution in [0.2, 0.25) is 0 Å². The van der Waals surface area contributed by atoms with E-state index in [1.165, 1.54) is 18.2 Å². The van der Waals surface area contributed by atoms with E-state index >= 15 is 0 Å². The van der Waals surface area contributed by atoms with Crippen LogP contribution < -0.4 is 5.73 Å². The summed E-state index contributed by atoms with van der Waals surface area (Å²) in [5, 5.41) is 0. The van der Waals surface area contributed by atoms with E-state index in [4.69, 9.17) is 5.73 Å². The highest BCUT2D eigenvalue weighted by atomic mass is 35.5. The molecule has 2 N–H and O–H groups in total. The normalized spacial score (nSPS) is 21.7. The number of nitrogens with two attached hydrogens (primary N) is 1. The van der Waals surface area contributed by atoms with Gasteiger partial charge in [-0.2, -0.15) is 0 Å². The van der Waals surface area contributed by atoms with Crippen LogP contribution in [0.4, 0.5) is 8.78 Å². The highest BCUT2D eigenvalue weighted by molar-refractivity contribution is 5.85. The van der Waals surface area contributed by atoms with E-state index in [2.05, 4.69) is 9.80 Å². The van der Waals surface area contributed by atoms with Gasteiger partial charge in [0.05, 0.1) is 6.54 Å². The predicted molar refractivity (Wildman–Crippen MR) is 114 cm³/mol. The smallest absolute Gasteiger partial charge is 0.231 e. The molecule has 4 rings (SSSR count). The van der Waals surface area contributed by atoms with Gasteiger partial charge in [0.15, 0.2) is 0 Å². The van der Waals surface area contributed by atoms with E-state index in [1.54, 1.807) is 6.07 Å².